The molecule has 0 spiro atoms. The van der Waals surface area contributed by atoms with Gasteiger partial charge in [0.2, 0.25) is 11.8 Å². The fourth-order valence-electron chi connectivity index (χ4n) is 1.75. The van der Waals surface area contributed by atoms with Crippen LogP contribution < -0.4 is 5.73 Å². The maximum atomic E-state index is 11.6. The summed E-state index contributed by atoms with van der Waals surface area (Å²) in [5.74, 6) is -0.363. The van der Waals surface area contributed by atoms with Crippen LogP contribution in [0.5, 0.6) is 0 Å². The molecular weight excluding hydrogens is 248 g/mol. The Labute approximate surface area is 91.9 Å². The first-order chi connectivity index (χ1) is 6.66. The molecular formula is C9H15BrN2O2. The second-order valence-corrected chi connectivity index (χ2v) is 4.23. The second kappa shape index (κ2) is 5.34. The van der Waals surface area contributed by atoms with E-state index in [0.717, 1.165) is 12.8 Å². The number of nitrogens with zero attached hydrogens (tertiary/aromatic N) is 1. The Balaban J connectivity index is 2.62. The van der Waals surface area contributed by atoms with Gasteiger partial charge in [0.1, 0.15) is 6.04 Å². The summed E-state index contributed by atoms with van der Waals surface area (Å²) in [6, 6.07) is -0.379. The predicted molar refractivity (Wildman–Crippen MR) is 57.0 cm³/mol. The van der Waals surface area contributed by atoms with Crippen LogP contribution in [0.1, 0.15) is 25.7 Å². The highest BCUT2D eigenvalue weighted by molar-refractivity contribution is 9.09. The van der Waals surface area contributed by atoms with Crippen LogP contribution in [0.2, 0.25) is 0 Å². The quantitative estimate of drug-likeness (QED) is 0.759. The van der Waals surface area contributed by atoms with Crippen molar-refractivity contribution in [1.29, 1.82) is 0 Å². The van der Waals surface area contributed by atoms with Crippen LogP contribution in [0.25, 0.3) is 0 Å². The third-order valence-corrected chi connectivity index (χ3v) is 2.86. The fraction of sp³-hybridized carbons (Fsp3) is 0.778. The molecule has 0 aromatic rings. The van der Waals surface area contributed by atoms with Crippen LogP contribution in [0.15, 0.2) is 0 Å². The van der Waals surface area contributed by atoms with Gasteiger partial charge >= 0.3 is 0 Å². The van der Waals surface area contributed by atoms with Gasteiger partial charge in [0.05, 0.1) is 0 Å². The van der Waals surface area contributed by atoms with Gasteiger partial charge < -0.3 is 10.6 Å². The van der Waals surface area contributed by atoms with Crippen molar-refractivity contribution in [3.8, 4) is 0 Å². The van der Waals surface area contributed by atoms with Gasteiger partial charge in [0.15, 0.2) is 0 Å². The fourth-order valence-corrected chi connectivity index (χ4v) is 2.09. The molecule has 4 nitrogen and oxygen atoms in total. The van der Waals surface area contributed by atoms with Crippen molar-refractivity contribution in [1.82, 2.24) is 4.90 Å². The highest BCUT2D eigenvalue weighted by Crippen LogP contribution is 2.17. The molecule has 1 rings (SSSR count). The number of carbonyl (C=O) groups excluding carboxylic acids is 2. The molecule has 1 saturated heterocycles. The molecule has 0 radical (unpaired) electrons. The average Bonchev–Trinajstić information content (AvgIpc) is 2.18. The van der Waals surface area contributed by atoms with Gasteiger partial charge in [-0.1, -0.05) is 15.9 Å². The second-order valence-electron chi connectivity index (χ2n) is 3.44. The molecule has 0 bridgehead atoms. The molecule has 1 atom stereocenters. The third kappa shape index (κ3) is 2.70. The number of alkyl halides is 1. The van der Waals surface area contributed by atoms with Gasteiger partial charge in [-0.2, -0.15) is 0 Å². The summed E-state index contributed by atoms with van der Waals surface area (Å²) in [7, 11) is 0. The molecule has 80 valence electrons. The number of halogens is 1. The molecule has 5 heteroatoms. The zero-order chi connectivity index (χ0) is 10.6. The lowest BCUT2D eigenvalue weighted by Gasteiger charge is -2.33. The van der Waals surface area contributed by atoms with Crippen LogP contribution in [-0.2, 0) is 9.59 Å². The molecule has 0 saturated carbocycles. The van der Waals surface area contributed by atoms with Crippen molar-refractivity contribution >= 4 is 27.7 Å². The topological polar surface area (TPSA) is 63.4 Å². The summed E-state index contributed by atoms with van der Waals surface area (Å²) in [6.07, 6.45) is 3.09. The van der Waals surface area contributed by atoms with E-state index in [1.165, 1.54) is 0 Å². The van der Waals surface area contributed by atoms with E-state index in [2.05, 4.69) is 15.9 Å². The van der Waals surface area contributed by atoms with E-state index >= 15 is 0 Å². The molecule has 1 heterocycles. The number of carbonyl (C=O) groups is 2. The van der Waals surface area contributed by atoms with Crippen molar-refractivity contribution in [3.05, 3.63) is 0 Å². The summed E-state index contributed by atoms with van der Waals surface area (Å²) in [4.78, 5) is 24.3. The SMILES string of the molecule is NC(=O)C1CCCCN1C(=O)CCBr. The Morgan fingerprint density at radius 1 is 1.43 bits per heavy atom. The number of piperidine rings is 1. The number of hydrogen-bond acceptors (Lipinski definition) is 2. The Hall–Kier alpha value is -0.580. The van der Waals surface area contributed by atoms with E-state index in [1.807, 2.05) is 0 Å². The van der Waals surface area contributed by atoms with Crippen molar-refractivity contribution in [2.24, 2.45) is 5.73 Å². The van der Waals surface area contributed by atoms with Crippen LogP contribution in [0.4, 0.5) is 0 Å². The minimum absolute atomic E-state index is 0.0189. The molecule has 0 aromatic heterocycles. The van der Waals surface area contributed by atoms with Crippen LogP contribution in [-0.4, -0.2) is 34.6 Å². The van der Waals surface area contributed by atoms with E-state index < -0.39 is 0 Å². The lowest BCUT2D eigenvalue weighted by atomic mass is 10.0. The number of hydrogen-bond donors (Lipinski definition) is 1. The minimum atomic E-state index is -0.382. The van der Waals surface area contributed by atoms with Crippen molar-refractivity contribution in [3.63, 3.8) is 0 Å². The lowest BCUT2D eigenvalue weighted by molar-refractivity contribution is -0.140. The van der Waals surface area contributed by atoms with Gasteiger partial charge in [-0.15, -0.1) is 0 Å². The average molecular weight is 263 g/mol. The zero-order valence-corrected chi connectivity index (χ0v) is 9.63. The zero-order valence-electron chi connectivity index (χ0n) is 8.04. The smallest absolute Gasteiger partial charge is 0.240 e. The van der Waals surface area contributed by atoms with E-state index in [-0.39, 0.29) is 17.9 Å². The molecule has 2 N–H and O–H groups in total. The monoisotopic (exact) mass is 262 g/mol. The number of amides is 2. The Bertz CT molecular complexity index is 233. The number of primary amides is 1. The summed E-state index contributed by atoms with van der Waals surface area (Å²) < 4.78 is 0. The van der Waals surface area contributed by atoms with E-state index in [0.29, 0.717) is 24.7 Å². The molecule has 1 unspecified atom stereocenters. The van der Waals surface area contributed by atoms with Gasteiger partial charge in [0.25, 0.3) is 0 Å². The van der Waals surface area contributed by atoms with Crippen molar-refractivity contribution in [2.45, 2.75) is 31.7 Å². The van der Waals surface area contributed by atoms with Crippen molar-refractivity contribution in [2.75, 3.05) is 11.9 Å². The Morgan fingerprint density at radius 3 is 2.71 bits per heavy atom. The Morgan fingerprint density at radius 2 is 2.14 bits per heavy atom. The van der Waals surface area contributed by atoms with Crippen LogP contribution in [0.3, 0.4) is 0 Å². The molecule has 1 fully saturated rings. The predicted octanol–water partition coefficient (Wildman–Crippen LogP) is 0.638. The first kappa shape index (κ1) is 11.5. The van der Waals surface area contributed by atoms with Crippen LogP contribution in [0, 0.1) is 0 Å². The normalized spacial score (nSPS) is 22.1. The van der Waals surface area contributed by atoms with Gasteiger partial charge in [-0.3, -0.25) is 9.59 Å². The third-order valence-electron chi connectivity index (χ3n) is 2.46. The van der Waals surface area contributed by atoms with E-state index in [4.69, 9.17) is 5.73 Å². The number of nitrogens with two attached hydrogens (primary N) is 1. The highest BCUT2D eigenvalue weighted by atomic mass is 79.9. The summed E-state index contributed by atoms with van der Waals surface area (Å²) in [5, 5.41) is 0.633. The first-order valence-corrected chi connectivity index (χ1v) is 5.93. The Kier molecular flexibility index (Phi) is 4.38. The van der Waals surface area contributed by atoms with Crippen molar-refractivity contribution < 1.29 is 9.59 Å². The highest BCUT2D eigenvalue weighted by Gasteiger charge is 2.29. The van der Waals surface area contributed by atoms with E-state index in [9.17, 15) is 9.59 Å². The molecule has 1 aliphatic rings. The molecule has 14 heavy (non-hydrogen) atoms. The molecule has 2 amide bonds. The lowest BCUT2D eigenvalue weighted by Crippen LogP contribution is -2.50. The molecule has 1 aliphatic heterocycles. The molecule has 0 aromatic carbocycles. The van der Waals surface area contributed by atoms with Gasteiger partial charge in [-0.25, -0.2) is 0 Å². The van der Waals surface area contributed by atoms with Gasteiger partial charge in [0, 0.05) is 18.3 Å². The van der Waals surface area contributed by atoms with Crippen LogP contribution >= 0.6 is 15.9 Å². The minimum Gasteiger partial charge on any atom is -0.368 e. The maximum Gasteiger partial charge on any atom is 0.240 e. The molecule has 0 aliphatic carbocycles. The maximum absolute atomic E-state index is 11.6. The standard InChI is InChI=1S/C9H15BrN2O2/c10-5-4-8(13)12-6-2-1-3-7(12)9(11)14/h7H,1-6H2,(H2,11,14). The largest absolute Gasteiger partial charge is 0.368 e. The number of likely N-dealkylation sites (tertiary alicyclic amines) is 1. The summed E-state index contributed by atoms with van der Waals surface area (Å²) in [5.41, 5.74) is 5.25. The summed E-state index contributed by atoms with van der Waals surface area (Å²) >= 11 is 3.21. The summed E-state index contributed by atoms with van der Waals surface area (Å²) in [6.45, 7) is 0.666. The number of rotatable bonds is 3. The van der Waals surface area contributed by atoms with Gasteiger partial charge in [-0.05, 0) is 19.3 Å². The van der Waals surface area contributed by atoms with E-state index in [1.54, 1.807) is 4.90 Å². The first-order valence-electron chi connectivity index (χ1n) is 4.81.